The van der Waals surface area contributed by atoms with Crippen LogP contribution in [0, 0.1) is 3.57 Å². The van der Waals surface area contributed by atoms with Gasteiger partial charge in [0.25, 0.3) is 0 Å². The zero-order chi connectivity index (χ0) is 6.69. The molecule has 0 aliphatic rings. The van der Waals surface area contributed by atoms with Crippen LogP contribution in [-0.2, 0) is 0 Å². The van der Waals surface area contributed by atoms with E-state index >= 15 is 0 Å². The van der Waals surface area contributed by atoms with Gasteiger partial charge in [0.1, 0.15) is 0 Å². The van der Waals surface area contributed by atoms with E-state index in [0.29, 0.717) is 0 Å². The van der Waals surface area contributed by atoms with E-state index < -0.39 is 0 Å². The van der Waals surface area contributed by atoms with E-state index in [1.165, 1.54) is 9.13 Å². The molecule has 0 aliphatic carbocycles. The van der Waals surface area contributed by atoms with Gasteiger partial charge in [-0.05, 0) is 40.3 Å². The fourth-order valence-electron chi connectivity index (χ4n) is 0.634. The summed E-state index contributed by atoms with van der Waals surface area (Å²) in [6.07, 6.45) is 1.85. The zero-order valence-electron chi connectivity index (χ0n) is 4.97. The van der Waals surface area contributed by atoms with Gasteiger partial charge in [0.2, 0.25) is 0 Å². The Morgan fingerprint density at radius 3 is 2.67 bits per heavy atom. The first kappa shape index (κ1) is 6.81. The number of hydrogen-bond acceptors (Lipinski definition) is 0. The summed E-state index contributed by atoms with van der Waals surface area (Å²) in [6.45, 7) is 3.67. The number of halogens is 1. The molecule has 9 heavy (non-hydrogen) atoms. The molecule has 0 heterocycles. The zero-order valence-corrected chi connectivity index (χ0v) is 7.13. The van der Waals surface area contributed by atoms with Crippen LogP contribution in [0.3, 0.4) is 0 Å². The van der Waals surface area contributed by atoms with Crippen molar-refractivity contribution in [2.75, 3.05) is 0 Å². The van der Waals surface area contributed by atoms with Crippen LogP contribution in [0.2, 0.25) is 0 Å². The van der Waals surface area contributed by atoms with Crippen LogP contribution in [0.4, 0.5) is 0 Å². The highest BCUT2D eigenvalue weighted by molar-refractivity contribution is 14.1. The summed E-state index contributed by atoms with van der Waals surface area (Å²) >= 11 is 2.28. The lowest BCUT2D eigenvalue weighted by molar-refractivity contribution is 1.61. The normalized spacial score (nSPS) is 9.00. The molecule has 0 unspecified atom stereocenters. The van der Waals surface area contributed by atoms with Crippen LogP contribution in [-0.4, -0.2) is 0 Å². The Balaban J connectivity index is 3.07. The lowest BCUT2D eigenvalue weighted by Crippen LogP contribution is -1.71. The summed E-state index contributed by atoms with van der Waals surface area (Å²) in [5, 5.41) is 0. The Hall–Kier alpha value is -0.310. The molecule has 0 fully saturated rings. The molecule has 46 valence electrons. The lowest BCUT2D eigenvalue weighted by atomic mass is 10.2. The van der Waals surface area contributed by atoms with E-state index in [1.54, 1.807) is 0 Å². The summed E-state index contributed by atoms with van der Waals surface area (Å²) in [6, 6.07) is 8.22. The minimum absolute atomic E-state index is 1.18. The minimum atomic E-state index is 1.18. The van der Waals surface area contributed by atoms with Crippen molar-refractivity contribution in [3.8, 4) is 0 Å². The second-order valence-corrected chi connectivity index (χ2v) is 3.00. The molecule has 0 radical (unpaired) electrons. The van der Waals surface area contributed by atoms with Crippen molar-refractivity contribution in [2.45, 2.75) is 0 Å². The maximum absolute atomic E-state index is 3.67. The van der Waals surface area contributed by atoms with Gasteiger partial charge in [-0.1, -0.05) is 24.8 Å². The summed E-state index contributed by atoms with van der Waals surface area (Å²) < 4.78 is 1.25. The van der Waals surface area contributed by atoms with Crippen LogP contribution in [0.1, 0.15) is 5.56 Å². The Kier molecular flexibility index (Phi) is 2.28. The smallest absolute Gasteiger partial charge is 0.0136 e. The van der Waals surface area contributed by atoms with Gasteiger partial charge in [-0.15, -0.1) is 0 Å². The molecule has 0 saturated carbocycles. The van der Waals surface area contributed by atoms with Crippen LogP contribution >= 0.6 is 22.6 Å². The molecule has 1 aromatic carbocycles. The maximum Gasteiger partial charge on any atom is 0.0136 e. The van der Waals surface area contributed by atoms with E-state index in [4.69, 9.17) is 0 Å². The highest BCUT2D eigenvalue weighted by Crippen LogP contribution is 2.07. The van der Waals surface area contributed by atoms with Crippen molar-refractivity contribution < 1.29 is 0 Å². The summed E-state index contributed by atoms with van der Waals surface area (Å²) in [5.74, 6) is 0. The number of benzene rings is 1. The third-order valence-electron chi connectivity index (χ3n) is 1.08. The van der Waals surface area contributed by atoms with Gasteiger partial charge >= 0.3 is 0 Å². The molecule has 0 atom stereocenters. The Bertz CT molecular complexity index is 216. The fourth-order valence-corrected chi connectivity index (χ4v) is 1.20. The van der Waals surface area contributed by atoms with Crippen molar-refractivity contribution in [2.24, 2.45) is 0 Å². The van der Waals surface area contributed by atoms with Gasteiger partial charge in [0.15, 0.2) is 0 Å². The molecular weight excluding hydrogens is 223 g/mol. The van der Waals surface area contributed by atoms with E-state index in [0.717, 1.165) is 0 Å². The Morgan fingerprint density at radius 1 is 1.44 bits per heavy atom. The molecule has 0 nitrogen and oxygen atoms in total. The van der Waals surface area contributed by atoms with E-state index in [2.05, 4.69) is 41.3 Å². The van der Waals surface area contributed by atoms with E-state index in [-0.39, 0.29) is 0 Å². The third kappa shape index (κ3) is 1.82. The van der Waals surface area contributed by atoms with Crippen molar-refractivity contribution in [3.05, 3.63) is 40.0 Å². The van der Waals surface area contributed by atoms with Crippen molar-refractivity contribution in [1.82, 2.24) is 0 Å². The Labute approximate surface area is 68.7 Å². The number of rotatable bonds is 1. The second kappa shape index (κ2) is 3.01. The molecule has 0 amide bonds. The maximum atomic E-state index is 3.67. The summed E-state index contributed by atoms with van der Waals surface area (Å²) in [4.78, 5) is 0. The molecular formula is C8H7I. The first-order valence-corrected chi connectivity index (χ1v) is 3.79. The predicted octanol–water partition coefficient (Wildman–Crippen LogP) is 2.93. The molecule has 0 aliphatic heterocycles. The number of hydrogen-bond donors (Lipinski definition) is 0. The topological polar surface area (TPSA) is 0 Å². The molecule has 1 rings (SSSR count). The summed E-state index contributed by atoms with van der Waals surface area (Å²) in [5.41, 5.74) is 1.18. The van der Waals surface area contributed by atoms with Crippen LogP contribution in [0.15, 0.2) is 30.8 Å². The molecule has 0 N–H and O–H groups in total. The monoisotopic (exact) mass is 230 g/mol. The minimum Gasteiger partial charge on any atom is -0.0985 e. The highest BCUT2D eigenvalue weighted by atomic mass is 127. The molecule has 0 aromatic heterocycles. The SMILES string of the molecule is C=Cc1cccc(I)c1. The van der Waals surface area contributed by atoms with Crippen molar-refractivity contribution in [1.29, 1.82) is 0 Å². The first-order chi connectivity index (χ1) is 4.33. The Morgan fingerprint density at radius 2 is 2.22 bits per heavy atom. The van der Waals surface area contributed by atoms with Gasteiger partial charge in [-0.25, -0.2) is 0 Å². The molecule has 0 saturated heterocycles. The highest BCUT2D eigenvalue weighted by Gasteiger charge is 1.84. The second-order valence-electron chi connectivity index (χ2n) is 1.76. The fraction of sp³-hybridized carbons (Fsp3) is 0. The third-order valence-corrected chi connectivity index (χ3v) is 1.76. The molecule has 1 heteroatoms. The van der Waals surface area contributed by atoms with Crippen LogP contribution in [0.25, 0.3) is 6.08 Å². The summed E-state index contributed by atoms with van der Waals surface area (Å²) in [7, 11) is 0. The predicted molar refractivity (Wildman–Crippen MR) is 49.3 cm³/mol. The first-order valence-electron chi connectivity index (χ1n) is 2.71. The van der Waals surface area contributed by atoms with Gasteiger partial charge in [0, 0.05) is 3.57 Å². The molecule has 1 aromatic rings. The van der Waals surface area contributed by atoms with Gasteiger partial charge in [-0.3, -0.25) is 0 Å². The van der Waals surface area contributed by atoms with E-state index in [9.17, 15) is 0 Å². The van der Waals surface area contributed by atoms with Crippen molar-refractivity contribution >= 4 is 28.7 Å². The van der Waals surface area contributed by atoms with Crippen molar-refractivity contribution in [3.63, 3.8) is 0 Å². The molecule has 0 spiro atoms. The average molecular weight is 230 g/mol. The van der Waals surface area contributed by atoms with Crippen LogP contribution in [0.5, 0.6) is 0 Å². The van der Waals surface area contributed by atoms with Gasteiger partial charge in [0.05, 0.1) is 0 Å². The van der Waals surface area contributed by atoms with Crippen LogP contribution < -0.4 is 0 Å². The lowest BCUT2D eigenvalue weighted by Gasteiger charge is -1.90. The quantitative estimate of drug-likeness (QED) is 0.650. The standard InChI is InChI=1S/C8H7I/c1-2-7-4-3-5-8(9)6-7/h2-6H,1H2. The van der Waals surface area contributed by atoms with Gasteiger partial charge < -0.3 is 0 Å². The van der Waals surface area contributed by atoms with E-state index in [1.807, 2.05) is 18.2 Å². The molecule has 0 bridgehead atoms. The average Bonchev–Trinajstić information content (AvgIpc) is 1.88. The largest absolute Gasteiger partial charge is 0.0985 e. The van der Waals surface area contributed by atoms with Gasteiger partial charge in [-0.2, -0.15) is 0 Å².